The van der Waals surface area contributed by atoms with Crippen LogP contribution in [-0.4, -0.2) is 16.1 Å². The molecule has 106 valence electrons. The lowest BCUT2D eigenvalue weighted by Crippen LogP contribution is -2.24. The number of rotatable bonds is 3. The maximum Gasteiger partial charge on any atom is 0.193 e. The number of aromatic amines is 1. The van der Waals surface area contributed by atoms with Crippen LogP contribution in [-0.2, 0) is 0 Å². The van der Waals surface area contributed by atoms with Crippen LogP contribution < -0.4 is 4.74 Å². The number of nitrogens with one attached hydrogen (secondary N) is 1. The van der Waals surface area contributed by atoms with Crippen molar-refractivity contribution in [1.29, 1.82) is 0 Å². The van der Waals surface area contributed by atoms with Gasteiger partial charge in [0.25, 0.3) is 0 Å². The number of H-pyrrole nitrogens is 1. The number of aromatic nitrogens is 2. The van der Waals surface area contributed by atoms with E-state index in [1.165, 1.54) is 6.42 Å². The van der Waals surface area contributed by atoms with E-state index < -0.39 is 0 Å². The van der Waals surface area contributed by atoms with Gasteiger partial charge in [0.05, 0.1) is 21.7 Å². The highest BCUT2D eigenvalue weighted by molar-refractivity contribution is 6.33. The molecule has 0 bridgehead atoms. The summed E-state index contributed by atoms with van der Waals surface area (Å²) in [6.07, 6.45) is 3.88. The highest BCUT2D eigenvalue weighted by Gasteiger charge is 2.20. The zero-order valence-electron chi connectivity index (χ0n) is 11.5. The van der Waals surface area contributed by atoms with Gasteiger partial charge in [-0.15, -0.1) is 0 Å². The molecule has 1 aromatic carbocycles. The van der Waals surface area contributed by atoms with Crippen LogP contribution in [0.25, 0.3) is 22.3 Å². The Morgan fingerprint density at radius 1 is 1.14 bits per heavy atom. The fourth-order valence-corrected chi connectivity index (χ4v) is 2.80. The lowest BCUT2D eigenvalue weighted by atomic mass is 9.96. The monoisotopic (exact) mass is 298 g/mol. The van der Waals surface area contributed by atoms with Gasteiger partial charge in [0.15, 0.2) is 5.88 Å². The van der Waals surface area contributed by atoms with Crippen molar-refractivity contribution < 1.29 is 4.74 Å². The number of benzene rings is 1. The van der Waals surface area contributed by atoms with Gasteiger partial charge in [0.1, 0.15) is 6.10 Å². The fourth-order valence-electron chi connectivity index (χ4n) is 2.54. The predicted molar refractivity (Wildman–Crippen MR) is 84.8 cm³/mol. The van der Waals surface area contributed by atoms with Gasteiger partial charge in [-0.25, -0.2) is 4.98 Å². The quantitative estimate of drug-likeness (QED) is 0.753. The molecule has 1 N–H and O–H groups in total. The van der Waals surface area contributed by atoms with E-state index in [1.54, 1.807) is 0 Å². The Balaban J connectivity index is 1.74. The topological polar surface area (TPSA) is 37.9 Å². The number of halogens is 1. The Morgan fingerprint density at radius 3 is 2.67 bits per heavy atom. The molecule has 0 aliphatic heterocycles. The standard InChI is InChI=1S/C17H15ClN2O/c18-13-9-14-15(10-16(19-14)21-12-7-4-8-12)20-17(13)11-5-2-1-3-6-11/h1-3,5-6,9-10,12,19H,4,7-8H2. The second-order valence-corrected chi connectivity index (χ2v) is 5.83. The summed E-state index contributed by atoms with van der Waals surface area (Å²) in [5.41, 5.74) is 3.62. The molecule has 4 rings (SSSR count). The second-order valence-electron chi connectivity index (χ2n) is 5.42. The lowest BCUT2D eigenvalue weighted by Gasteiger charge is -2.25. The molecule has 3 nitrogen and oxygen atoms in total. The molecule has 0 atom stereocenters. The van der Waals surface area contributed by atoms with Gasteiger partial charge >= 0.3 is 0 Å². The Morgan fingerprint density at radius 2 is 1.95 bits per heavy atom. The predicted octanol–water partition coefficient (Wildman–Crippen LogP) is 4.81. The average Bonchev–Trinajstić information content (AvgIpc) is 2.84. The van der Waals surface area contributed by atoms with Crippen molar-refractivity contribution in [2.45, 2.75) is 25.4 Å². The highest BCUT2D eigenvalue weighted by atomic mass is 35.5. The molecule has 0 spiro atoms. The molecular formula is C17H15ClN2O. The van der Waals surface area contributed by atoms with Crippen molar-refractivity contribution in [2.75, 3.05) is 0 Å². The third kappa shape index (κ3) is 2.38. The SMILES string of the molecule is Clc1cc2[nH]c(OC3CCC3)cc2nc1-c1ccccc1. The molecule has 0 amide bonds. The van der Waals surface area contributed by atoms with Gasteiger partial charge in [-0.3, -0.25) is 0 Å². The van der Waals surface area contributed by atoms with Crippen molar-refractivity contribution in [3.63, 3.8) is 0 Å². The third-order valence-corrected chi connectivity index (χ3v) is 4.21. The molecule has 21 heavy (non-hydrogen) atoms. The number of nitrogens with zero attached hydrogens (tertiary/aromatic N) is 1. The summed E-state index contributed by atoms with van der Waals surface area (Å²) in [4.78, 5) is 7.92. The summed E-state index contributed by atoms with van der Waals surface area (Å²) in [6, 6.07) is 13.9. The molecule has 2 heterocycles. The molecule has 0 unspecified atom stereocenters. The minimum atomic E-state index is 0.349. The van der Waals surface area contributed by atoms with Gasteiger partial charge < -0.3 is 9.72 Å². The molecular weight excluding hydrogens is 284 g/mol. The molecule has 3 aromatic rings. The van der Waals surface area contributed by atoms with Gasteiger partial charge in [-0.1, -0.05) is 41.9 Å². The summed E-state index contributed by atoms with van der Waals surface area (Å²) in [7, 11) is 0. The Kier molecular flexibility index (Phi) is 3.08. The van der Waals surface area contributed by atoms with Crippen molar-refractivity contribution in [1.82, 2.24) is 9.97 Å². The first kappa shape index (κ1) is 12.7. The summed E-state index contributed by atoms with van der Waals surface area (Å²) in [6.45, 7) is 0. The van der Waals surface area contributed by atoms with Crippen LogP contribution in [0.3, 0.4) is 0 Å². The molecule has 4 heteroatoms. The van der Waals surface area contributed by atoms with Gasteiger partial charge in [0, 0.05) is 11.6 Å². The molecule has 1 fully saturated rings. The normalized spacial score (nSPS) is 15.1. The first-order chi connectivity index (χ1) is 10.3. The highest BCUT2D eigenvalue weighted by Crippen LogP contribution is 2.32. The van der Waals surface area contributed by atoms with Crippen LogP contribution in [0.15, 0.2) is 42.5 Å². The first-order valence-electron chi connectivity index (χ1n) is 7.21. The van der Waals surface area contributed by atoms with Crippen molar-refractivity contribution in [3.8, 4) is 17.1 Å². The van der Waals surface area contributed by atoms with E-state index in [-0.39, 0.29) is 0 Å². The van der Waals surface area contributed by atoms with E-state index in [0.717, 1.165) is 41.0 Å². The van der Waals surface area contributed by atoms with Crippen LogP contribution >= 0.6 is 11.6 Å². The van der Waals surface area contributed by atoms with E-state index >= 15 is 0 Å². The Labute approximate surface area is 127 Å². The van der Waals surface area contributed by atoms with E-state index in [1.807, 2.05) is 42.5 Å². The minimum absolute atomic E-state index is 0.349. The summed E-state index contributed by atoms with van der Waals surface area (Å²) >= 11 is 6.37. The Bertz CT molecular complexity index is 778. The van der Waals surface area contributed by atoms with Gasteiger partial charge in [0.2, 0.25) is 0 Å². The smallest absolute Gasteiger partial charge is 0.193 e. The number of ether oxygens (including phenoxy) is 1. The van der Waals surface area contributed by atoms with E-state index in [4.69, 9.17) is 16.3 Å². The summed E-state index contributed by atoms with van der Waals surface area (Å²) in [5, 5.41) is 0.644. The van der Waals surface area contributed by atoms with Crippen LogP contribution in [0.1, 0.15) is 19.3 Å². The molecule has 1 saturated carbocycles. The average molecular weight is 299 g/mol. The third-order valence-electron chi connectivity index (χ3n) is 3.92. The lowest BCUT2D eigenvalue weighted by molar-refractivity contribution is 0.115. The zero-order valence-corrected chi connectivity index (χ0v) is 12.2. The molecule has 0 saturated heterocycles. The van der Waals surface area contributed by atoms with E-state index in [0.29, 0.717) is 11.1 Å². The van der Waals surface area contributed by atoms with Crippen LogP contribution in [0, 0.1) is 0 Å². The number of pyridine rings is 1. The van der Waals surface area contributed by atoms with Crippen LogP contribution in [0.5, 0.6) is 5.88 Å². The van der Waals surface area contributed by atoms with E-state index in [9.17, 15) is 0 Å². The summed E-state index contributed by atoms with van der Waals surface area (Å²) in [5.74, 6) is 0.781. The zero-order chi connectivity index (χ0) is 14.2. The minimum Gasteiger partial charge on any atom is -0.476 e. The summed E-state index contributed by atoms with van der Waals surface area (Å²) < 4.78 is 5.88. The van der Waals surface area contributed by atoms with Crippen molar-refractivity contribution in [2.24, 2.45) is 0 Å². The molecule has 1 aliphatic carbocycles. The fraction of sp³-hybridized carbons (Fsp3) is 0.235. The van der Waals surface area contributed by atoms with Gasteiger partial charge in [-0.2, -0.15) is 0 Å². The number of fused-ring (bicyclic) bond motifs is 1. The Hall–Kier alpha value is -2.00. The molecule has 0 radical (unpaired) electrons. The number of hydrogen-bond donors (Lipinski definition) is 1. The molecule has 2 aromatic heterocycles. The number of hydrogen-bond acceptors (Lipinski definition) is 2. The largest absolute Gasteiger partial charge is 0.476 e. The van der Waals surface area contributed by atoms with Crippen LogP contribution in [0.2, 0.25) is 5.02 Å². The maximum atomic E-state index is 6.37. The maximum absolute atomic E-state index is 6.37. The molecule has 1 aliphatic rings. The first-order valence-corrected chi connectivity index (χ1v) is 7.59. The van der Waals surface area contributed by atoms with E-state index in [2.05, 4.69) is 9.97 Å². The second kappa shape index (κ2) is 5.08. The van der Waals surface area contributed by atoms with Crippen molar-refractivity contribution in [3.05, 3.63) is 47.5 Å². The van der Waals surface area contributed by atoms with Crippen LogP contribution in [0.4, 0.5) is 0 Å². The van der Waals surface area contributed by atoms with Crippen molar-refractivity contribution >= 4 is 22.6 Å². The van der Waals surface area contributed by atoms with Gasteiger partial charge in [-0.05, 0) is 25.3 Å².